The summed E-state index contributed by atoms with van der Waals surface area (Å²) in [6, 6.07) is 4.57. The Morgan fingerprint density at radius 2 is 1.75 bits per heavy atom. The maximum Gasteiger partial charge on any atom is 0.407 e. The number of carbonyl (C=O) groups is 3. The molecule has 0 bridgehead atoms. The summed E-state index contributed by atoms with van der Waals surface area (Å²) in [4.78, 5) is 35.2. The minimum atomic E-state index is -1.22. The van der Waals surface area contributed by atoms with Crippen LogP contribution in [0.4, 0.5) is 4.79 Å². The molecular formula is C16H19Cl2NO5. The largest absolute Gasteiger partial charge is 0.481 e. The van der Waals surface area contributed by atoms with E-state index in [2.05, 4.69) is 5.32 Å². The fourth-order valence-corrected chi connectivity index (χ4v) is 2.47. The molecule has 0 aliphatic rings. The predicted octanol–water partition coefficient (Wildman–Crippen LogP) is 3.79. The number of ketones is 1. The maximum absolute atomic E-state index is 12.3. The highest BCUT2D eigenvalue weighted by molar-refractivity contribution is 6.39. The van der Waals surface area contributed by atoms with Crippen LogP contribution >= 0.6 is 23.2 Å². The average Bonchev–Trinajstić information content (AvgIpc) is 2.40. The number of hydrogen-bond acceptors (Lipinski definition) is 4. The van der Waals surface area contributed by atoms with Crippen molar-refractivity contribution in [2.75, 3.05) is 6.54 Å². The van der Waals surface area contributed by atoms with Crippen molar-refractivity contribution in [1.82, 2.24) is 5.32 Å². The van der Waals surface area contributed by atoms with Gasteiger partial charge in [-0.25, -0.2) is 4.79 Å². The molecule has 8 heteroatoms. The smallest absolute Gasteiger partial charge is 0.407 e. The van der Waals surface area contributed by atoms with Gasteiger partial charge in [-0.05, 0) is 32.9 Å². The molecular weight excluding hydrogens is 357 g/mol. The summed E-state index contributed by atoms with van der Waals surface area (Å²) in [5, 5.41) is 11.9. The molecule has 1 rings (SSSR count). The van der Waals surface area contributed by atoms with Crippen molar-refractivity contribution in [3.63, 3.8) is 0 Å². The van der Waals surface area contributed by atoms with Gasteiger partial charge in [-0.15, -0.1) is 0 Å². The third-order valence-electron chi connectivity index (χ3n) is 2.91. The molecule has 132 valence electrons. The highest BCUT2D eigenvalue weighted by atomic mass is 35.5. The average molecular weight is 376 g/mol. The van der Waals surface area contributed by atoms with Crippen LogP contribution < -0.4 is 5.32 Å². The summed E-state index contributed by atoms with van der Waals surface area (Å²) in [5.41, 5.74) is -0.631. The standard InChI is InChI=1S/C16H19Cl2NO5/c1-16(2,3)24-15(23)19-8-9(14(21)22)7-12(20)13-10(17)5-4-6-11(13)18/h4-6,9H,7-8H2,1-3H3,(H,19,23)(H,21,22)/t9-/m0/s1. The molecule has 0 heterocycles. The van der Waals surface area contributed by atoms with Gasteiger partial charge in [-0.3, -0.25) is 9.59 Å². The van der Waals surface area contributed by atoms with Gasteiger partial charge in [0, 0.05) is 13.0 Å². The Morgan fingerprint density at radius 1 is 1.21 bits per heavy atom. The van der Waals surface area contributed by atoms with Crippen molar-refractivity contribution in [3.05, 3.63) is 33.8 Å². The summed E-state index contributed by atoms with van der Waals surface area (Å²) in [6.45, 7) is 4.80. The Bertz CT molecular complexity index is 620. The van der Waals surface area contributed by atoms with Crippen LogP contribution in [-0.2, 0) is 9.53 Å². The topological polar surface area (TPSA) is 92.7 Å². The molecule has 1 amide bonds. The molecule has 0 unspecified atom stereocenters. The second-order valence-electron chi connectivity index (χ2n) is 6.14. The molecule has 0 fully saturated rings. The van der Waals surface area contributed by atoms with Crippen LogP contribution in [-0.4, -0.2) is 35.1 Å². The number of carboxylic acid groups (broad SMARTS) is 1. The fourth-order valence-electron chi connectivity index (χ4n) is 1.86. The molecule has 6 nitrogen and oxygen atoms in total. The lowest BCUT2D eigenvalue weighted by Crippen LogP contribution is -2.37. The normalized spacial score (nSPS) is 12.4. The minimum absolute atomic E-state index is 0.0735. The minimum Gasteiger partial charge on any atom is -0.481 e. The zero-order valence-electron chi connectivity index (χ0n) is 13.6. The van der Waals surface area contributed by atoms with E-state index in [1.807, 2.05) is 0 Å². The van der Waals surface area contributed by atoms with Crippen molar-refractivity contribution >= 4 is 41.0 Å². The molecule has 0 radical (unpaired) electrons. The lowest BCUT2D eigenvalue weighted by molar-refractivity contribution is -0.141. The van der Waals surface area contributed by atoms with E-state index in [-0.39, 0.29) is 28.6 Å². The Labute approximate surface area is 150 Å². The van der Waals surface area contributed by atoms with Gasteiger partial charge in [0.25, 0.3) is 0 Å². The number of ether oxygens (including phenoxy) is 1. The van der Waals surface area contributed by atoms with Crippen LogP contribution in [0, 0.1) is 5.92 Å². The monoisotopic (exact) mass is 375 g/mol. The fraction of sp³-hybridized carbons (Fsp3) is 0.438. The number of rotatable bonds is 6. The third kappa shape index (κ3) is 6.37. The van der Waals surface area contributed by atoms with Gasteiger partial charge >= 0.3 is 12.1 Å². The van der Waals surface area contributed by atoms with Crippen LogP contribution in [0.15, 0.2) is 18.2 Å². The van der Waals surface area contributed by atoms with Gasteiger partial charge in [0.05, 0.1) is 21.5 Å². The number of hydrogen-bond donors (Lipinski definition) is 2. The molecule has 2 N–H and O–H groups in total. The third-order valence-corrected chi connectivity index (χ3v) is 3.54. The van der Waals surface area contributed by atoms with Crippen molar-refractivity contribution in [2.45, 2.75) is 32.8 Å². The number of aliphatic carboxylic acids is 1. The van der Waals surface area contributed by atoms with E-state index in [1.54, 1.807) is 26.8 Å². The first kappa shape index (κ1) is 20.3. The number of halogens is 2. The number of amides is 1. The van der Waals surface area contributed by atoms with E-state index in [0.29, 0.717) is 0 Å². The van der Waals surface area contributed by atoms with Crippen molar-refractivity contribution in [2.24, 2.45) is 5.92 Å². The SMILES string of the molecule is CC(C)(C)OC(=O)NC[C@H](CC(=O)c1c(Cl)cccc1Cl)C(=O)O. The second-order valence-corrected chi connectivity index (χ2v) is 6.96. The Morgan fingerprint density at radius 3 is 2.21 bits per heavy atom. The number of nitrogens with one attached hydrogen (secondary N) is 1. The first-order valence-electron chi connectivity index (χ1n) is 7.18. The van der Waals surface area contributed by atoms with Crippen LogP contribution in [0.1, 0.15) is 37.6 Å². The molecule has 0 saturated heterocycles. The Kier molecular flexibility index (Phi) is 7.05. The molecule has 24 heavy (non-hydrogen) atoms. The summed E-state index contributed by atoms with van der Waals surface area (Å²) in [6.07, 6.45) is -1.11. The number of carboxylic acids is 1. The Hall–Kier alpha value is -1.79. The zero-order chi connectivity index (χ0) is 18.5. The molecule has 0 aliphatic heterocycles. The zero-order valence-corrected chi connectivity index (χ0v) is 15.1. The van der Waals surface area contributed by atoms with E-state index in [9.17, 15) is 19.5 Å². The van der Waals surface area contributed by atoms with Crippen LogP contribution in [0.2, 0.25) is 10.0 Å². The van der Waals surface area contributed by atoms with Gasteiger partial charge in [0.2, 0.25) is 0 Å². The molecule has 1 aromatic carbocycles. The number of alkyl carbamates (subject to hydrolysis) is 1. The van der Waals surface area contributed by atoms with E-state index >= 15 is 0 Å². The van der Waals surface area contributed by atoms with Gasteiger partial charge in [-0.2, -0.15) is 0 Å². The van der Waals surface area contributed by atoms with Gasteiger partial charge in [-0.1, -0.05) is 29.3 Å². The maximum atomic E-state index is 12.3. The molecule has 0 aliphatic carbocycles. The van der Waals surface area contributed by atoms with Gasteiger partial charge in [0.15, 0.2) is 5.78 Å². The van der Waals surface area contributed by atoms with Crippen LogP contribution in [0.5, 0.6) is 0 Å². The molecule has 0 aromatic heterocycles. The van der Waals surface area contributed by atoms with Crippen LogP contribution in [0.25, 0.3) is 0 Å². The molecule has 1 atom stereocenters. The lowest BCUT2D eigenvalue weighted by Gasteiger charge is -2.20. The molecule has 1 aromatic rings. The highest BCUT2D eigenvalue weighted by Crippen LogP contribution is 2.26. The predicted molar refractivity (Wildman–Crippen MR) is 90.8 cm³/mol. The highest BCUT2D eigenvalue weighted by Gasteiger charge is 2.26. The molecule has 0 saturated carbocycles. The van der Waals surface area contributed by atoms with Crippen molar-refractivity contribution < 1.29 is 24.2 Å². The molecule has 0 spiro atoms. The van der Waals surface area contributed by atoms with E-state index in [0.717, 1.165) is 0 Å². The van der Waals surface area contributed by atoms with Gasteiger partial charge in [0.1, 0.15) is 5.60 Å². The summed E-state index contributed by atoms with van der Waals surface area (Å²) < 4.78 is 5.03. The first-order chi connectivity index (χ1) is 11.0. The lowest BCUT2D eigenvalue weighted by atomic mass is 9.98. The number of benzene rings is 1. The van der Waals surface area contributed by atoms with Crippen molar-refractivity contribution in [1.29, 1.82) is 0 Å². The second kappa shape index (κ2) is 8.35. The van der Waals surface area contributed by atoms with Gasteiger partial charge < -0.3 is 15.2 Å². The summed E-state index contributed by atoms with van der Waals surface area (Å²) in [5.74, 6) is -2.86. The first-order valence-corrected chi connectivity index (χ1v) is 7.93. The Balaban J connectivity index is 2.75. The van der Waals surface area contributed by atoms with E-state index < -0.39 is 29.4 Å². The summed E-state index contributed by atoms with van der Waals surface area (Å²) >= 11 is 11.9. The number of Topliss-reactive ketones (excluding diaryl/α,β-unsaturated/α-hetero) is 1. The van der Waals surface area contributed by atoms with Crippen LogP contribution in [0.3, 0.4) is 0 Å². The van der Waals surface area contributed by atoms with E-state index in [1.165, 1.54) is 12.1 Å². The quantitative estimate of drug-likeness (QED) is 0.737. The van der Waals surface area contributed by atoms with E-state index in [4.69, 9.17) is 27.9 Å². The summed E-state index contributed by atoms with van der Waals surface area (Å²) in [7, 11) is 0. The number of carbonyl (C=O) groups excluding carboxylic acids is 2. The van der Waals surface area contributed by atoms with Crippen molar-refractivity contribution in [3.8, 4) is 0 Å².